The maximum atomic E-state index is 8.83. The van der Waals surface area contributed by atoms with Crippen LogP contribution in [0.15, 0.2) is 24.5 Å². The summed E-state index contributed by atoms with van der Waals surface area (Å²) in [7, 11) is 0. The minimum absolute atomic E-state index is 0.365. The monoisotopic (exact) mass is 214 g/mol. The highest BCUT2D eigenvalue weighted by molar-refractivity contribution is 5.54. The molecular weight excluding hydrogens is 204 g/mol. The molecule has 16 heavy (non-hydrogen) atoms. The van der Waals surface area contributed by atoms with E-state index in [-0.39, 0.29) is 0 Å². The molecule has 0 aliphatic heterocycles. The summed E-state index contributed by atoms with van der Waals surface area (Å²) in [5.41, 5.74) is 7.54. The Bertz CT molecular complexity index is 524. The van der Waals surface area contributed by atoms with Gasteiger partial charge in [0.1, 0.15) is 11.9 Å². The first kappa shape index (κ1) is 9.98. The fraction of sp³-hybridized carbons (Fsp3) is 0.100. The smallest absolute Gasteiger partial charge is 0.163 e. The van der Waals surface area contributed by atoms with Gasteiger partial charge in [-0.3, -0.25) is 5.10 Å². The topological polar surface area (TPSA) is 103 Å². The summed E-state index contributed by atoms with van der Waals surface area (Å²) in [4.78, 5) is 3.94. The minimum Gasteiger partial charge on any atom is -0.384 e. The summed E-state index contributed by atoms with van der Waals surface area (Å²) in [5.74, 6) is 0.523. The highest BCUT2D eigenvalue weighted by Crippen LogP contribution is 2.14. The molecular formula is C10H10N6. The summed E-state index contributed by atoms with van der Waals surface area (Å²) < 4.78 is 0. The molecule has 0 aliphatic rings. The number of aromatic amines is 1. The van der Waals surface area contributed by atoms with Crippen molar-refractivity contribution in [2.24, 2.45) is 0 Å². The molecule has 2 aromatic rings. The van der Waals surface area contributed by atoms with Crippen molar-refractivity contribution in [2.75, 3.05) is 11.1 Å². The van der Waals surface area contributed by atoms with Crippen LogP contribution in [0.3, 0.4) is 0 Å². The molecule has 0 aliphatic carbocycles. The maximum absolute atomic E-state index is 8.83. The first-order chi connectivity index (χ1) is 7.81. The number of H-pyrrole nitrogens is 1. The lowest BCUT2D eigenvalue weighted by Crippen LogP contribution is -2.03. The molecule has 0 bridgehead atoms. The van der Waals surface area contributed by atoms with Crippen molar-refractivity contribution in [3.8, 4) is 6.07 Å². The van der Waals surface area contributed by atoms with Crippen molar-refractivity contribution in [1.29, 1.82) is 5.26 Å². The Morgan fingerprint density at radius 2 is 2.44 bits per heavy atom. The number of nitrogens with zero attached hydrogens (tertiary/aromatic N) is 3. The second-order valence-electron chi connectivity index (χ2n) is 3.17. The van der Waals surface area contributed by atoms with E-state index in [0.717, 1.165) is 5.56 Å². The van der Waals surface area contributed by atoms with E-state index in [1.54, 1.807) is 24.5 Å². The van der Waals surface area contributed by atoms with Gasteiger partial charge in [-0.15, -0.1) is 0 Å². The van der Waals surface area contributed by atoms with Crippen molar-refractivity contribution in [3.63, 3.8) is 0 Å². The van der Waals surface area contributed by atoms with Crippen LogP contribution in [-0.2, 0) is 6.54 Å². The van der Waals surface area contributed by atoms with Crippen LogP contribution in [0.25, 0.3) is 0 Å². The number of rotatable bonds is 3. The van der Waals surface area contributed by atoms with Gasteiger partial charge in [0, 0.05) is 18.3 Å². The van der Waals surface area contributed by atoms with E-state index in [9.17, 15) is 0 Å². The van der Waals surface area contributed by atoms with E-state index in [0.29, 0.717) is 23.7 Å². The van der Waals surface area contributed by atoms with Gasteiger partial charge in [0.15, 0.2) is 5.69 Å². The third-order valence-electron chi connectivity index (χ3n) is 2.13. The van der Waals surface area contributed by atoms with E-state index < -0.39 is 0 Å². The Kier molecular flexibility index (Phi) is 2.69. The highest BCUT2D eigenvalue weighted by atomic mass is 15.1. The molecule has 4 N–H and O–H groups in total. The number of nitrogens with two attached hydrogens (primary N) is 1. The predicted octanol–water partition coefficient (Wildman–Crippen LogP) is 0.871. The van der Waals surface area contributed by atoms with Gasteiger partial charge in [-0.1, -0.05) is 0 Å². The fourth-order valence-corrected chi connectivity index (χ4v) is 1.29. The van der Waals surface area contributed by atoms with E-state index >= 15 is 0 Å². The first-order valence-corrected chi connectivity index (χ1v) is 4.68. The van der Waals surface area contributed by atoms with Crippen molar-refractivity contribution in [3.05, 3.63) is 35.8 Å². The molecule has 0 saturated carbocycles. The molecule has 0 spiro atoms. The van der Waals surface area contributed by atoms with E-state index in [4.69, 9.17) is 11.0 Å². The lowest BCUT2D eigenvalue weighted by atomic mass is 10.2. The fourth-order valence-electron chi connectivity index (χ4n) is 1.29. The van der Waals surface area contributed by atoms with Crippen LogP contribution in [-0.4, -0.2) is 15.2 Å². The number of nitrogen functional groups attached to an aromatic ring is 1. The molecule has 0 saturated heterocycles. The number of hydrogen-bond donors (Lipinski definition) is 3. The second kappa shape index (κ2) is 4.31. The van der Waals surface area contributed by atoms with Gasteiger partial charge in [0.2, 0.25) is 0 Å². The number of nitrogens with one attached hydrogen (secondary N) is 2. The highest BCUT2D eigenvalue weighted by Gasteiger charge is 2.04. The predicted molar refractivity (Wildman–Crippen MR) is 59.3 cm³/mol. The molecule has 2 aromatic heterocycles. The molecule has 0 fully saturated rings. The van der Waals surface area contributed by atoms with Crippen molar-refractivity contribution in [1.82, 2.24) is 15.2 Å². The third-order valence-corrected chi connectivity index (χ3v) is 2.13. The zero-order valence-electron chi connectivity index (χ0n) is 8.44. The average molecular weight is 214 g/mol. The van der Waals surface area contributed by atoms with Crippen molar-refractivity contribution >= 4 is 11.5 Å². The van der Waals surface area contributed by atoms with Gasteiger partial charge in [0.25, 0.3) is 0 Å². The number of hydrogen-bond acceptors (Lipinski definition) is 5. The Balaban J connectivity index is 2.11. The summed E-state index contributed by atoms with van der Waals surface area (Å²) >= 11 is 0. The Labute approximate surface area is 92.1 Å². The van der Waals surface area contributed by atoms with Crippen LogP contribution in [0.5, 0.6) is 0 Å². The minimum atomic E-state index is 0.365. The number of nitriles is 1. The van der Waals surface area contributed by atoms with Gasteiger partial charge >= 0.3 is 0 Å². The van der Waals surface area contributed by atoms with E-state index in [1.807, 2.05) is 6.07 Å². The maximum Gasteiger partial charge on any atom is 0.163 e. The van der Waals surface area contributed by atoms with Crippen molar-refractivity contribution < 1.29 is 0 Å². The zero-order valence-corrected chi connectivity index (χ0v) is 8.44. The lowest BCUT2D eigenvalue weighted by Gasteiger charge is -2.05. The summed E-state index contributed by atoms with van der Waals surface area (Å²) in [6.45, 7) is 0.503. The average Bonchev–Trinajstić information content (AvgIpc) is 2.72. The largest absolute Gasteiger partial charge is 0.384 e. The van der Waals surface area contributed by atoms with Crippen LogP contribution < -0.4 is 11.1 Å². The number of pyridine rings is 1. The molecule has 80 valence electrons. The molecule has 2 heterocycles. The van der Waals surface area contributed by atoms with Gasteiger partial charge in [-0.05, 0) is 12.1 Å². The second-order valence-corrected chi connectivity index (χ2v) is 3.17. The molecule has 0 atom stereocenters. The SMILES string of the molecule is N#Cc1ncccc1NCc1cn[nH]c1N. The van der Waals surface area contributed by atoms with Gasteiger partial charge in [-0.2, -0.15) is 10.4 Å². The first-order valence-electron chi connectivity index (χ1n) is 4.68. The zero-order chi connectivity index (χ0) is 11.4. The molecule has 0 amide bonds. The quantitative estimate of drug-likeness (QED) is 0.703. The summed E-state index contributed by atoms with van der Waals surface area (Å²) in [6, 6.07) is 5.57. The molecule has 2 rings (SSSR count). The summed E-state index contributed by atoms with van der Waals surface area (Å²) in [6.07, 6.45) is 3.22. The lowest BCUT2D eigenvalue weighted by molar-refractivity contribution is 1.10. The molecule has 6 heteroatoms. The van der Waals surface area contributed by atoms with Gasteiger partial charge < -0.3 is 11.1 Å². The van der Waals surface area contributed by atoms with Crippen LogP contribution in [0.1, 0.15) is 11.3 Å². The molecule has 6 nitrogen and oxygen atoms in total. The van der Waals surface area contributed by atoms with Gasteiger partial charge in [0.05, 0.1) is 11.9 Å². The molecule has 0 aromatic carbocycles. The third kappa shape index (κ3) is 1.93. The van der Waals surface area contributed by atoms with E-state index in [1.165, 1.54) is 0 Å². The number of aromatic nitrogens is 3. The Hall–Kier alpha value is -2.55. The van der Waals surface area contributed by atoms with Crippen LogP contribution >= 0.6 is 0 Å². The summed E-state index contributed by atoms with van der Waals surface area (Å²) in [5, 5.41) is 18.4. The number of anilines is 2. The van der Waals surface area contributed by atoms with Crippen molar-refractivity contribution in [2.45, 2.75) is 6.54 Å². The van der Waals surface area contributed by atoms with Crippen LogP contribution in [0, 0.1) is 11.3 Å². The van der Waals surface area contributed by atoms with Crippen LogP contribution in [0.2, 0.25) is 0 Å². The molecule has 0 radical (unpaired) electrons. The van der Waals surface area contributed by atoms with Gasteiger partial charge in [-0.25, -0.2) is 4.98 Å². The van der Waals surface area contributed by atoms with E-state index in [2.05, 4.69) is 20.5 Å². The normalized spacial score (nSPS) is 9.69. The Morgan fingerprint density at radius 1 is 1.56 bits per heavy atom. The molecule has 0 unspecified atom stereocenters. The Morgan fingerprint density at radius 3 is 3.12 bits per heavy atom. The van der Waals surface area contributed by atoms with Crippen LogP contribution in [0.4, 0.5) is 11.5 Å². The standard InChI is InChI=1S/C10H10N6/c11-4-9-8(2-1-3-13-9)14-5-7-6-15-16-10(7)12/h1-3,6,14H,5H2,(H3,12,15,16).